The normalized spacial score (nSPS) is 11.8. The second kappa shape index (κ2) is 4.48. The fraction of sp³-hybridized carbons (Fsp3) is 0.250. The van der Waals surface area contributed by atoms with Crippen molar-refractivity contribution in [1.29, 1.82) is 0 Å². The highest BCUT2D eigenvalue weighted by molar-refractivity contribution is 6.70. The number of benzene rings is 1. The highest BCUT2D eigenvalue weighted by atomic mass is 35.5. The quantitative estimate of drug-likeness (QED) is 0.743. The summed E-state index contributed by atoms with van der Waals surface area (Å²) in [6.07, 6.45) is 1.71. The minimum atomic E-state index is -1.73. The van der Waals surface area contributed by atoms with Crippen LogP contribution in [0, 0.1) is 0 Å². The van der Waals surface area contributed by atoms with Crippen molar-refractivity contribution in [3.8, 4) is 5.75 Å². The molecule has 0 bridgehead atoms. The molecule has 0 aliphatic heterocycles. The van der Waals surface area contributed by atoms with E-state index in [9.17, 15) is 0 Å². The largest absolute Gasteiger partial charge is 0.542 e. The number of hydrogen-bond donors (Lipinski definition) is 0. The number of hydrogen-bond acceptors (Lipinski definition) is 2. The first-order chi connectivity index (χ1) is 7.88. The van der Waals surface area contributed by atoms with Gasteiger partial charge in [-0.25, -0.2) is 0 Å². The Balaban J connectivity index is 2.69. The topological polar surface area (TPSA) is 22.1 Å². The minimum Gasteiger partial charge on any atom is -0.542 e. The lowest BCUT2D eigenvalue weighted by molar-refractivity contribution is 0.563. The van der Waals surface area contributed by atoms with Crippen molar-refractivity contribution in [3.63, 3.8) is 0 Å². The molecule has 0 fully saturated rings. The summed E-state index contributed by atoms with van der Waals surface area (Å²) in [5.41, 5.74) is 0.729. The van der Waals surface area contributed by atoms with E-state index in [0.717, 1.165) is 10.9 Å². The van der Waals surface area contributed by atoms with Gasteiger partial charge in [0, 0.05) is 11.6 Å². The zero-order valence-corrected chi connectivity index (χ0v) is 12.4. The Morgan fingerprint density at radius 2 is 1.88 bits per heavy atom. The smallest absolute Gasteiger partial charge is 0.242 e. The van der Waals surface area contributed by atoms with Crippen LogP contribution in [0.5, 0.6) is 5.75 Å². The Morgan fingerprint density at radius 1 is 1.18 bits per heavy atom. The van der Waals surface area contributed by atoms with Crippen molar-refractivity contribution in [2.45, 2.75) is 19.6 Å². The number of fused-ring (bicyclic) bond motifs is 1. The van der Waals surface area contributed by atoms with Crippen LogP contribution in [0.3, 0.4) is 0 Å². The molecule has 0 saturated carbocycles. The molecule has 2 aromatic rings. The molecule has 0 spiro atoms. The van der Waals surface area contributed by atoms with E-state index in [0.29, 0.717) is 15.8 Å². The van der Waals surface area contributed by atoms with Crippen LogP contribution in [0.15, 0.2) is 24.4 Å². The molecule has 90 valence electrons. The highest BCUT2D eigenvalue weighted by Gasteiger charge is 2.21. The maximum Gasteiger partial charge on any atom is 0.242 e. The Bertz CT molecular complexity index is 566. The second-order valence-electron chi connectivity index (χ2n) is 4.78. The van der Waals surface area contributed by atoms with E-state index in [1.807, 2.05) is 12.1 Å². The number of rotatable bonds is 2. The summed E-state index contributed by atoms with van der Waals surface area (Å²) in [7, 11) is -1.73. The van der Waals surface area contributed by atoms with Crippen LogP contribution in [0.4, 0.5) is 0 Å². The number of aromatic nitrogens is 1. The Labute approximate surface area is 112 Å². The summed E-state index contributed by atoms with van der Waals surface area (Å²) in [6, 6.07) is 5.47. The van der Waals surface area contributed by atoms with Crippen molar-refractivity contribution in [2.75, 3.05) is 0 Å². The third kappa shape index (κ3) is 2.73. The second-order valence-corrected chi connectivity index (χ2v) is 10.0. The molecular weight excluding hydrogens is 273 g/mol. The van der Waals surface area contributed by atoms with E-state index >= 15 is 0 Å². The molecule has 2 nitrogen and oxygen atoms in total. The number of pyridine rings is 1. The number of halogens is 2. The standard InChI is InChI=1S/C12H13Cl2NOSi/c1-17(2,3)16-12-10(14)7-9(13)8-5-4-6-15-11(8)12/h4-7H,1-3H3. The van der Waals surface area contributed by atoms with Gasteiger partial charge in [0.1, 0.15) is 11.3 Å². The predicted molar refractivity (Wildman–Crippen MR) is 75.7 cm³/mol. The van der Waals surface area contributed by atoms with Gasteiger partial charge in [0.05, 0.1) is 10.0 Å². The van der Waals surface area contributed by atoms with Gasteiger partial charge in [-0.3, -0.25) is 4.98 Å². The van der Waals surface area contributed by atoms with Crippen LogP contribution in [0.2, 0.25) is 29.7 Å². The van der Waals surface area contributed by atoms with Gasteiger partial charge >= 0.3 is 0 Å². The van der Waals surface area contributed by atoms with Crippen LogP contribution in [-0.2, 0) is 0 Å². The molecule has 0 atom stereocenters. The minimum absolute atomic E-state index is 0.517. The molecule has 2 rings (SSSR count). The van der Waals surface area contributed by atoms with Crippen molar-refractivity contribution >= 4 is 42.4 Å². The molecular formula is C12H13Cl2NOSi. The Hall–Kier alpha value is -0.773. The van der Waals surface area contributed by atoms with Crippen molar-refractivity contribution < 1.29 is 4.43 Å². The van der Waals surface area contributed by atoms with Crippen LogP contribution >= 0.6 is 23.2 Å². The highest BCUT2D eigenvalue weighted by Crippen LogP contribution is 2.37. The van der Waals surface area contributed by atoms with Gasteiger partial charge in [-0.05, 0) is 37.8 Å². The molecule has 5 heteroatoms. The number of nitrogens with zero attached hydrogens (tertiary/aromatic N) is 1. The fourth-order valence-corrected chi connectivity index (χ4v) is 2.99. The predicted octanol–water partition coefficient (Wildman–Crippen LogP) is 4.76. The molecule has 1 heterocycles. The third-order valence-electron chi connectivity index (χ3n) is 2.16. The van der Waals surface area contributed by atoms with Gasteiger partial charge in [-0.2, -0.15) is 0 Å². The summed E-state index contributed by atoms with van der Waals surface area (Å²) >= 11 is 12.3. The first-order valence-electron chi connectivity index (χ1n) is 5.30. The zero-order valence-electron chi connectivity index (χ0n) is 9.92. The van der Waals surface area contributed by atoms with Crippen LogP contribution in [-0.4, -0.2) is 13.3 Å². The molecule has 1 aromatic heterocycles. The Kier molecular flexibility index (Phi) is 3.34. The van der Waals surface area contributed by atoms with Gasteiger partial charge in [0.2, 0.25) is 8.32 Å². The van der Waals surface area contributed by atoms with Gasteiger partial charge < -0.3 is 4.43 Å². The van der Waals surface area contributed by atoms with E-state index in [1.165, 1.54) is 0 Å². The van der Waals surface area contributed by atoms with Gasteiger partial charge in [-0.1, -0.05) is 23.2 Å². The summed E-state index contributed by atoms with van der Waals surface area (Å²) < 4.78 is 5.99. The van der Waals surface area contributed by atoms with E-state index in [4.69, 9.17) is 27.6 Å². The lowest BCUT2D eigenvalue weighted by Gasteiger charge is -2.21. The maximum absolute atomic E-state index is 6.19. The van der Waals surface area contributed by atoms with Crippen molar-refractivity contribution in [1.82, 2.24) is 4.98 Å². The first-order valence-corrected chi connectivity index (χ1v) is 9.46. The average molecular weight is 286 g/mol. The molecule has 0 amide bonds. The van der Waals surface area contributed by atoms with E-state index in [-0.39, 0.29) is 0 Å². The van der Waals surface area contributed by atoms with Crippen molar-refractivity contribution in [3.05, 3.63) is 34.4 Å². The third-order valence-corrected chi connectivity index (χ3v) is 3.57. The molecule has 0 aliphatic rings. The molecule has 17 heavy (non-hydrogen) atoms. The van der Waals surface area contributed by atoms with Gasteiger partial charge in [0.25, 0.3) is 0 Å². The lowest BCUT2D eigenvalue weighted by Crippen LogP contribution is -2.29. The first kappa shape index (κ1) is 12.7. The zero-order chi connectivity index (χ0) is 12.6. The lowest BCUT2D eigenvalue weighted by atomic mass is 10.2. The Morgan fingerprint density at radius 3 is 2.53 bits per heavy atom. The summed E-state index contributed by atoms with van der Waals surface area (Å²) in [6.45, 7) is 6.31. The van der Waals surface area contributed by atoms with Gasteiger partial charge in [0.15, 0.2) is 0 Å². The molecule has 0 radical (unpaired) electrons. The molecule has 0 N–H and O–H groups in total. The molecule has 1 aromatic carbocycles. The van der Waals surface area contributed by atoms with E-state index in [2.05, 4.69) is 24.6 Å². The SMILES string of the molecule is C[Si](C)(C)Oc1c(Cl)cc(Cl)c2cccnc12. The average Bonchev–Trinajstić information content (AvgIpc) is 2.23. The summed E-state index contributed by atoms with van der Waals surface area (Å²) in [4.78, 5) is 4.32. The molecule has 0 unspecified atom stereocenters. The van der Waals surface area contributed by atoms with Crippen LogP contribution in [0.25, 0.3) is 10.9 Å². The van der Waals surface area contributed by atoms with Gasteiger partial charge in [-0.15, -0.1) is 0 Å². The maximum atomic E-state index is 6.19. The van der Waals surface area contributed by atoms with E-state index in [1.54, 1.807) is 12.3 Å². The summed E-state index contributed by atoms with van der Waals surface area (Å²) in [5.74, 6) is 0.644. The van der Waals surface area contributed by atoms with Crippen LogP contribution < -0.4 is 4.43 Å². The fourth-order valence-electron chi connectivity index (χ4n) is 1.55. The molecule has 0 aliphatic carbocycles. The van der Waals surface area contributed by atoms with Crippen molar-refractivity contribution in [2.24, 2.45) is 0 Å². The van der Waals surface area contributed by atoms with Crippen LogP contribution in [0.1, 0.15) is 0 Å². The van der Waals surface area contributed by atoms with E-state index < -0.39 is 8.32 Å². The summed E-state index contributed by atoms with van der Waals surface area (Å²) in [5, 5.41) is 1.98. The monoisotopic (exact) mass is 285 g/mol. The molecule has 0 saturated heterocycles.